The number of hydrogen-bond acceptors (Lipinski definition) is 4. The van der Waals surface area contributed by atoms with Crippen LogP contribution in [0, 0.1) is 0 Å². The van der Waals surface area contributed by atoms with Gasteiger partial charge in [0.2, 0.25) is 0 Å². The van der Waals surface area contributed by atoms with Gasteiger partial charge in [-0.1, -0.05) is 49.0 Å². The third-order valence-electron chi connectivity index (χ3n) is 3.21. The van der Waals surface area contributed by atoms with Crippen molar-refractivity contribution in [3.8, 4) is 0 Å². The quantitative estimate of drug-likeness (QED) is 0.868. The van der Waals surface area contributed by atoms with Crippen molar-refractivity contribution in [2.75, 3.05) is 6.54 Å². The summed E-state index contributed by atoms with van der Waals surface area (Å²) >= 11 is 7.44. The van der Waals surface area contributed by atoms with Crippen molar-refractivity contribution in [2.45, 2.75) is 39.2 Å². The largest absolute Gasteiger partial charge is 0.309 e. The zero-order valence-electron chi connectivity index (χ0n) is 12.1. The Kier molecular flexibility index (Phi) is 5.52. The van der Waals surface area contributed by atoms with Crippen molar-refractivity contribution in [1.82, 2.24) is 14.9 Å². The molecule has 1 N–H and O–H groups in total. The minimum atomic E-state index is 0.263. The standard InChI is InChI=1S/C15H20ClN3S/c1-4-17-13(9-11-5-7-12(16)8-6-11)15-14(10(2)3)18-19-20-15/h5-8,10,13,17H,4,9H2,1-3H3. The number of likely N-dealkylation sites (N-methyl/N-ethyl adjacent to an activating group) is 1. The van der Waals surface area contributed by atoms with E-state index in [4.69, 9.17) is 11.6 Å². The maximum Gasteiger partial charge on any atom is 0.0829 e. The normalized spacial score (nSPS) is 12.8. The fourth-order valence-electron chi connectivity index (χ4n) is 2.21. The average Bonchev–Trinajstić information content (AvgIpc) is 2.90. The van der Waals surface area contributed by atoms with Crippen molar-refractivity contribution < 1.29 is 0 Å². The number of aromatic nitrogens is 2. The van der Waals surface area contributed by atoms with Gasteiger partial charge in [-0.15, -0.1) is 5.10 Å². The molecule has 1 atom stereocenters. The van der Waals surface area contributed by atoms with Gasteiger partial charge in [-0.3, -0.25) is 0 Å². The fourth-order valence-corrected chi connectivity index (χ4v) is 3.21. The molecule has 0 bridgehead atoms. The molecule has 0 aliphatic heterocycles. The summed E-state index contributed by atoms with van der Waals surface area (Å²) in [5.41, 5.74) is 2.37. The molecule has 0 amide bonds. The highest BCUT2D eigenvalue weighted by Crippen LogP contribution is 2.28. The topological polar surface area (TPSA) is 37.8 Å². The highest BCUT2D eigenvalue weighted by atomic mass is 35.5. The molecular weight excluding hydrogens is 290 g/mol. The van der Waals surface area contributed by atoms with E-state index in [1.807, 2.05) is 12.1 Å². The molecule has 0 saturated heterocycles. The van der Waals surface area contributed by atoms with Crippen molar-refractivity contribution in [1.29, 1.82) is 0 Å². The van der Waals surface area contributed by atoms with Gasteiger partial charge in [0.15, 0.2) is 0 Å². The second kappa shape index (κ2) is 7.16. The van der Waals surface area contributed by atoms with Gasteiger partial charge < -0.3 is 5.32 Å². The lowest BCUT2D eigenvalue weighted by Crippen LogP contribution is -2.23. The van der Waals surface area contributed by atoms with Crippen LogP contribution in [0.5, 0.6) is 0 Å². The second-order valence-corrected chi connectivity index (χ2v) is 6.34. The Labute approximate surface area is 129 Å². The molecule has 1 unspecified atom stereocenters. The smallest absolute Gasteiger partial charge is 0.0829 e. The number of hydrogen-bond donors (Lipinski definition) is 1. The predicted octanol–water partition coefficient (Wildman–Crippen LogP) is 4.21. The molecule has 108 valence electrons. The van der Waals surface area contributed by atoms with E-state index in [2.05, 4.69) is 47.8 Å². The first-order chi connectivity index (χ1) is 9.61. The molecule has 0 aliphatic rings. The Morgan fingerprint density at radius 1 is 1.25 bits per heavy atom. The summed E-state index contributed by atoms with van der Waals surface area (Å²) in [5, 5.41) is 8.60. The van der Waals surface area contributed by atoms with Crippen LogP contribution in [0.2, 0.25) is 5.02 Å². The molecule has 1 heterocycles. The average molecular weight is 310 g/mol. The minimum Gasteiger partial charge on any atom is -0.309 e. The Hall–Kier alpha value is -0.970. The van der Waals surface area contributed by atoms with E-state index in [-0.39, 0.29) is 6.04 Å². The first-order valence-electron chi connectivity index (χ1n) is 6.91. The van der Waals surface area contributed by atoms with Gasteiger partial charge in [-0.2, -0.15) is 0 Å². The Balaban J connectivity index is 2.22. The van der Waals surface area contributed by atoms with Gasteiger partial charge in [0.05, 0.1) is 10.6 Å². The van der Waals surface area contributed by atoms with Crippen LogP contribution >= 0.6 is 23.1 Å². The zero-order chi connectivity index (χ0) is 14.5. The van der Waals surface area contributed by atoms with Crippen LogP contribution in [0.3, 0.4) is 0 Å². The third kappa shape index (κ3) is 3.78. The Bertz CT molecular complexity index is 536. The van der Waals surface area contributed by atoms with Crippen LogP contribution in [0.15, 0.2) is 24.3 Å². The number of benzene rings is 1. The van der Waals surface area contributed by atoms with Crippen LogP contribution in [-0.2, 0) is 6.42 Å². The van der Waals surface area contributed by atoms with Gasteiger partial charge in [0.25, 0.3) is 0 Å². The lowest BCUT2D eigenvalue weighted by atomic mass is 10.00. The molecule has 0 aliphatic carbocycles. The predicted molar refractivity (Wildman–Crippen MR) is 85.6 cm³/mol. The van der Waals surface area contributed by atoms with E-state index in [9.17, 15) is 0 Å². The monoisotopic (exact) mass is 309 g/mol. The Morgan fingerprint density at radius 3 is 2.55 bits per heavy atom. The number of rotatable bonds is 6. The summed E-state index contributed by atoms with van der Waals surface area (Å²) in [6.07, 6.45) is 0.925. The molecule has 5 heteroatoms. The lowest BCUT2D eigenvalue weighted by molar-refractivity contribution is 0.549. The summed E-state index contributed by atoms with van der Waals surface area (Å²) in [5.74, 6) is 0.398. The summed E-state index contributed by atoms with van der Waals surface area (Å²) in [7, 11) is 0. The van der Waals surface area contributed by atoms with E-state index in [1.165, 1.54) is 22.0 Å². The molecule has 0 saturated carbocycles. The van der Waals surface area contributed by atoms with E-state index in [0.29, 0.717) is 5.92 Å². The van der Waals surface area contributed by atoms with Crippen LogP contribution in [0.4, 0.5) is 0 Å². The summed E-state index contributed by atoms with van der Waals surface area (Å²) in [4.78, 5) is 1.25. The summed E-state index contributed by atoms with van der Waals surface area (Å²) < 4.78 is 4.13. The van der Waals surface area contributed by atoms with Crippen LogP contribution in [0.25, 0.3) is 0 Å². The molecular formula is C15H20ClN3S. The fraction of sp³-hybridized carbons (Fsp3) is 0.467. The molecule has 2 aromatic rings. The number of nitrogens with zero attached hydrogens (tertiary/aromatic N) is 2. The maximum absolute atomic E-state index is 5.94. The molecule has 0 spiro atoms. The SMILES string of the molecule is CCNC(Cc1ccc(Cl)cc1)c1snnc1C(C)C. The zero-order valence-corrected chi connectivity index (χ0v) is 13.6. The molecule has 20 heavy (non-hydrogen) atoms. The van der Waals surface area contributed by atoms with E-state index < -0.39 is 0 Å². The van der Waals surface area contributed by atoms with Crippen LogP contribution in [-0.4, -0.2) is 16.1 Å². The first kappa shape index (κ1) is 15.4. The van der Waals surface area contributed by atoms with Gasteiger partial charge in [0, 0.05) is 11.1 Å². The molecule has 1 aromatic heterocycles. The first-order valence-corrected chi connectivity index (χ1v) is 8.07. The second-order valence-electron chi connectivity index (χ2n) is 5.12. The van der Waals surface area contributed by atoms with E-state index >= 15 is 0 Å². The van der Waals surface area contributed by atoms with Gasteiger partial charge in [0.1, 0.15) is 0 Å². The Morgan fingerprint density at radius 2 is 1.95 bits per heavy atom. The third-order valence-corrected chi connectivity index (χ3v) is 4.31. The minimum absolute atomic E-state index is 0.263. The molecule has 0 fully saturated rings. The number of nitrogens with one attached hydrogen (secondary N) is 1. The van der Waals surface area contributed by atoms with Gasteiger partial charge >= 0.3 is 0 Å². The van der Waals surface area contributed by atoms with E-state index in [1.54, 1.807) is 0 Å². The molecule has 3 nitrogen and oxygen atoms in total. The summed E-state index contributed by atoms with van der Waals surface area (Å²) in [6.45, 7) is 7.36. The van der Waals surface area contributed by atoms with Gasteiger partial charge in [-0.05, 0) is 48.1 Å². The van der Waals surface area contributed by atoms with Crippen molar-refractivity contribution in [3.63, 3.8) is 0 Å². The van der Waals surface area contributed by atoms with Crippen molar-refractivity contribution in [3.05, 3.63) is 45.4 Å². The van der Waals surface area contributed by atoms with Crippen molar-refractivity contribution >= 4 is 23.1 Å². The van der Waals surface area contributed by atoms with Crippen LogP contribution < -0.4 is 5.32 Å². The van der Waals surface area contributed by atoms with Gasteiger partial charge in [-0.25, -0.2) is 0 Å². The molecule has 2 rings (SSSR count). The number of halogens is 1. The summed E-state index contributed by atoms with van der Waals surface area (Å²) in [6, 6.07) is 8.30. The maximum atomic E-state index is 5.94. The lowest BCUT2D eigenvalue weighted by Gasteiger charge is -2.18. The highest BCUT2D eigenvalue weighted by Gasteiger charge is 2.20. The molecule has 1 aromatic carbocycles. The van der Waals surface area contributed by atoms with Crippen molar-refractivity contribution in [2.24, 2.45) is 0 Å². The van der Waals surface area contributed by atoms with E-state index in [0.717, 1.165) is 23.7 Å². The highest BCUT2D eigenvalue weighted by molar-refractivity contribution is 7.05. The molecule has 0 radical (unpaired) electrons. The van der Waals surface area contributed by atoms with Crippen LogP contribution in [0.1, 0.15) is 48.9 Å².